The van der Waals surface area contributed by atoms with Crippen LogP contribution in [0.3, 0.4) is 0 Å². The first kappa shape index (κ1) is 21.9. The van der Waals surface area contributed by atoms with Crippen molar-refractivity contribution < 1.29 is 9.53 Å². The summed E-state index contributed by atoms with van der Waals surface area (Å²) in [6.07, 6.45) is 3.52. The van der Waals surface area contributed by atoms with Gasteiger partial charge < -0.3 is 10.5 Å². The number of carbonyl (C=O) groups excluding carboxylic acids is 1. The van der Waals surface area contributed by atoms with Crippen LogP contribution in [-0.4, -0.2) is 27.3 Å². The Hall–Kier alpha value is -3.31. The summed E-state index contributed by atoms with van der Waals surface area (Å²) in [5, 5.41) is 10.2. The number of primary amides is 1. The van der Waals surface area contributed by atoms with E-state index in [1.54, 1.807) is 22.8 Å². The van der Waals surface area contributed by atoms with Gasteiger partial charge in [0.05, 0.1) is 28.6 Å². The molecule has 0 atom stereocenters. The average molecular weight is 449 g/mol. The Balaban J connectivity index is 1.52. The summed E-state index contributed by atoms with van der Waals surface area (Å²) in [7, 11) is 0. The normalized spacial score (nSPS) is 18.2. The Kier molecular flexibility index (Phi) is 6.76. The molecule has 4 rings (SSSR count). The number of ether oxygens (including phenoxy) is 1. The zero-order chi connectivity index (χ0) is 22.5. The summed E-state index contributed by atoms with van der Waals surface area (Å²) >= 11 is 1.40. The summed E-state index contributed by atoms with van der Waals surface area (Å²) in [6, 6.07) is 16.6. The van der Waals surface area contributed by atoms with E-state index >= 15 is 0 Å². The van der Waals surface area contributed by atoms with Crippen molar-refractivity contribution in [1.82, 2.24) is 9.55 Å². The van der Waals surface area contributed by atoms with E-state index < -0.39 is 0 Å². The number of aromatic nitrogens is 2. The van der Waals surface area contributed by atoms with Crippen LogP contribution in [0.2, 0.25) is 0 Å². The molecule has 0 spiro atoms. The van der Waals surface area contributed by atoms with Crippen molar-refractivity contribution in [3.8, 4) is 11.8 Å². The molecule has 1 aromatic heterocycles. The van der Waals surface area contributed by atoms with Gasteiger partial charge in [0.1, 0.15) is 5.75 Å². The second kappa shape index (κ2) is 9.88. The molecular weight excluding hydrogens is 424 g/mol. The van der Waals surface area contributed by atoms with Crippen LogP contribution in [0.15, 0.2) is 58.5 Å². The SMILES string of the molecule is N#Cc1ccc(OC2CCC(n3c(SCCC(N)=O)nc4ccccc4c3=O)CC2)cc1. The number of benzene rings is 2. The quantitative estimate of drug-likeness (QED) is 0.435. The number of nitrogens with two attached hydrogens (primary N) is 1. The fraction of sp³-hybridized carbons (Fsp3) is 0.333. The van der Waals surface area contributed by atoms with E-state index in [0.717, 1.165) is 31.4 Å². The van der Waals surface area contributed by atoms with Gasteiger partial charge in [-0.2, -0.15) is 5.26 Å². The van der Waals surface area contributed by atoms with Gasteiger partial charge in [-0.1, -0.05) is 23.9 Å². The minimum atomic E-state index is -0.368. The Morgan fingerprint density at radius 3 is 2.56 bits per heavy atom. The number of fused-ring (bicyclic) bond motifs is 1. The highest BCUT2D eigenvalue weighted by Gasteiger charge is 2.27. The Morgan fingerprint density at radius 2 is 1.88 bits per heavy atom. The van der Waals surface area contributed by atoms with Crippen LogP contribution in [0.5, 0.6) is 5.75 Å². The molecule has 1 fully saturated rings. The van der Waals surface area contributed by atoms with Crippen molar-refractivity contribution in [2.75, 3.05) is 5.75 Å². The third-order valence-corrected chi connectivity index (χ3v) is 6.60. The van der Waals surface area contributed by atoms with Crippen LogP contribution >= 0.6 is 11.8 Å². The molecule has 164 valence electrons. The lowest BCUT2D eigenvalue weighted by Crippen LogP contribution is -2.33. The van der Waals surface area contributed by atoms with E-state index in [2.05, 4.69) is 6.07 Å². The molecule has 3 aromatic rings. The van der Waals surface area contributed by atoms with E-state index in [-0.39, 0.29) is 30.0 Å². The molecule has 32 heavy (non-hydrogen) atoms. The van der Waals surface area contributed by atoms with Crippen LogP contribution in [0.25, 0.3) is 10.9 Å². The van der Waals surface area contributed by atoms with Gasteiger partial charge in [0, 0.05) is 18.2 Å². The topological polar surface area (TPSA) is 111 Å². The first-order valence-corrected chi connectivity index (χ1v) is 11.6. The monoisotopic (exact) mass is 448 g/mol. The van der Waals surface area contributed by atoms with Crippen molar-refractivity contribution >= 4 is 28.6 Å². The van der Waals surface area contributed by atoms with Gasteiger partial charge in [-0.05, 0) is 62.1 Å². The first-order valence-electron chi connectivity index (χ1n) is 10.6. The van der Waals surface area contributed by atoms with Gasteiger partial charge in [0.25, 0.3) is 5.56 Å². The number of hydrogen-bond acceptors (Lipinski definition) is 6. The predicted octanol–water partition coefficient (Wildman–Crippen LogP) is 3.80. The van der Waals surface area contributed by atoms with Crippen molar-refractivity contribution in [1.29, 1.82) is 5.26 Å². The molecule has 0 bridgehead atoms. The maximum Gasteiger partial charge on any atom is 0.262 e. The van der Waals surface area contributed by atoms with Crippen LogP contribution in [0, 0.1) is 11.3 Å². The van der Waals surface area contributed by atoms with E-state index in [1.165, 1.54) is 11.8 Å². The van der Waals surface area contributed by atoms with E-state index in [9.17, 15) is 9.59 Å². The molecule has 7 nitrogen and oxygen atoms in total. The summed E-state index contributed by atoms with van der Waals surface area (Å²) in [4.78, 5) is 29.2. The maximum absolute atomic E-state index is 13.3. The lowest BCUT2D eigenvalue weighted by atomic mass is 9.92. The molecule has 0 aliphatic heterocycles. The lowest BCUT2D eigenvalue weighted by Gasteiger charge is -2.31. The van der Waals surface area contributed by atoms with Crippen molar-refractivity contribution in [2.45, 2.75) is 49.4 Å². The van der Waals surface area contributed by atoms with Gasteiger partial charge in [-0.15, -0.1) is 0 Å². The molecule has 2 aromatic carbocycles. The molecule has 0 radical (unpaired) electrons. The van der Waals surface area contributed by atoms with Crippen molar-refractivity contribution in [2.24, 2.45) is 5.73 Å². The van der Waals surface area contributed by atoms with Crippen LogP contribution < -0.4 is 16.0 Å². The lowest BCUT2D eigenvalue weighted by molar-refractivity contribution is -0.117. The molecular formula is C24H24N4O3S. The number of hydrogen-bond donors (Lipinski definition) is 1. The number of rotatable bonds is 7. The van der Waals surface area contributed by atoms with E-state index in [1.807, 2.05) is 30.3 Å². The number of nitriles is 1. The second-order valence-electron chi connectivity index (χ2n) is 7.84. The van der Waals surface area contributed by atoms with E-state index in [4.69, 9.17) is 20.7 Å². The Bertz CT molecular complexity index is 1210. The molecule has 1 aliphatic rings. The highest BCUT2D eigenvalue weighted by atomic mass is 32.2. The molecule has 8 heteroatoms. The van der Waals surface area contributed by atoms with Crippen LogP contribution in [-0.2, 0) is 4.79 Å². The molecule has 0 unspecified atom stereocenters. The first-order chi connectivity index (χ1) is 15.5. The molecule has 2 N–H and O–H groups in total. The fourth-order valence-corrected chi connectivity index (χ4v) is 5.03. The summed E-state index contributed by atoms with van der Waals surface area (Å²) in [5.41, 5.74) is 6.50. The molecule has 1 saturated carbocycles. The zero-order valence-electron chi connectivity index (χ0n) is 17.6. The zero-order valence-corrected chi connectivity index (χ0v) is 18.4. The van der Waals surface area contributed by atoms with Gasteiger partial charge in [-0.25, -0.2) is 4.98 Å². The van der Waals surface area contributed by atoms with Gasteiger partial charge >= 0.3 is 0 Å². The smallest absolute Gasteiger partial charge is 0.262 e. The average Bonchev–Trinajstić information content (AvgIpc) is 2.80. The minimum Gasteiger partial charge on any atom is -0.490 e. The largest absolute Gasteiger partial charge is 0.490 e. The predicted molar refractivity (Wildman–Crippen MR) is 124 cm³/mol. The number of carbonyl (C=O) groups is 1. The summed E-state index contributed by atoms with van der Waals surface area (Å²) < 4.78 is 7.89. The molecule has 1 heterocycles. The van der Waals surface area contributed by atoms with E-state index in [0.29, 0.717) is 27.4 Å². The van der Waals surface area contributed by atoms with Crippen molar-refractivity contribution in [3.63, 3.8) is 0 Å². The molecule has 0 saturated heterocycles. The number of nitrogens with zero attached hydrogens (tertiary/aromatic N) is 3. The Morgan fingerprint density at radius 1 is 1.16 bits per heavy atom. The van der Waals surface area contributed by atoms with Crippen molar-refractivity contribution in [3.05, 3.63) is 64.4 Å². The molecule has 1 amide bonds. The van der Waals surface area contributed by atoms with Crippen LogP contribution in [0.1, 0.15) is 43.7 Å². The highest BCUT2D eigenvalue weighted by molar-refractivity contribution is 7.99. The maximum atomic E-state index is 13.3. The third kappa shape index (κ3) is 4.94. The second-order valence-corrected chi connectivity index (χ2v) is 8.90. The fourth-order valence-electron chi connectivity index (χ4n) is 4.01. The minimum absolute atomic E-state index is 0.0245. The third-order valence-electron chi connectivity index (χ3n) is 5.65. The van der Waals surface area contributed by atoms with Gasteiger partial charge in [0.2, 0.25) is 5.91 Å². The number of amides is 1. The Labute approximate surface area is 190 Å². The summed E-state index contributed by atoms with van der Waals surface area (Å²) in [6.45, 7) is 0. The van der Waals surface area contributed by atoms with Gasteiger partial charge in [-0.3, -0.25) is 14.2 Å². The number of thioether (sulfide) groups is 1. The van der Waals surface area contributed by atoms with Gasteiger partial charge in [0.15, 0.2) is 5.16 Å². The number of para-hydroxylation sites is 1. The summed E-state index contributed by atoms with van der Waals surface area (Å²) in [5.74, 6) is 0.865. The highest BCUT2D eigenvalue weighted by Crippen LogP contribution is 2.33. The van der Waals surface area contributed by atoms with Crippen LogP contribution in [0.4, 0.5) is 0 Å². The molecule has 1 aliphatic carbocycles. The standard InChI is InChI=1S/C24H24N4O3S/c25-15-16-5-9-18(10-6-16)31-19-11-7-17(8-12-19)28-23(30)20-3-1-2-4-21(20)27-24(28)32-14-13-22(26)29/h1-6,9-10,17,19H,7-8,11-14H2,(H2,26,29).